The van der Waals surface area contributed by atoms with Gasteiger partial charge in [0.1, 0.15) is 5.75 Å². The van der Waals surface area contributed by atoms with Crippen LogP contribution in [0.4, 0.5) is 0 Å². The van der Waals surface area contributed by atoms with Gasteiger partial charge in [-0.25, -0.2) is 0 Å². The lowest BCUT2D eigenvalue weighted by atomic mass is 9.56. The molecule has 3 heterocycles. The number of rotatable bonds is 6. The molecule has 2 saturated carbocycles. The van der Waals surface area contributed by atoms with E-state index < -0.39 is 0 Å². The Kier molecular flexibility index (Phi) is 4.91. The van der Waals surface area contributed by atoms with Crippen molar-refractivity contribution < 1.29 is 9.90 Å². The highest BCUT2D eigenvalue weighted by Gasteiger charge is 2.80. The summed E-state index contributed by atoms with van der Waals surface area (Å²) < 4.78 is 0. The number of benzene rings is 2. The van der Waals surface area contributed by atoms with E-state index in [0.29, 0.717) is 35.3 Å². The van der Waals surface area contributed by atoms with Crippen LogP contribution in [0.15, 0.2) is 61.2 Å². The third kappa shape index (κ3) is 2.85. The average molecular weight is 470 g/mol. The van der Waals surface area contributed by atoms with Crippen molar-refractivity contribution >= 4 is 5.91 Å². The van der Waals surface area contributed by atoms with E-state index in [1.807, 2.05) is 29.2 Å². The highest BCUT2D eigenvalue weighted by molar-refractivity contribution is 5.94. The molecule has 3 aliphatic heterocycles. The van der Waals surface area contributed by atoms with Crippen LogP contribution in [0.1, 0.15) is 66.1 Å². The zero-order valence-electron chi connectivity index (χ0n) is 20.4. The Labute approximate surface area is 208 Å². The smallest absolute Gasteiger partial charge is 0.253 e. The first-order valence-corrected chi connectivity index (χ1v) is 13.5. The van der Waals surface area contributed by atoms with E-state index in [-0.39, 0.29) is 11.9 Å². The van der Waals surface area contributed by atoms with Gasteiger partial charge in [0.2, 0.25) is 0 Å². The lowest BCUT2D eigenvalue weighted by Crippen LogP contribution is -2.83. The van der Waals surface area contributed by atoms with Gasteiger partial charge < -0.3 is 10.0 Å². The van der Waals surface area contributed by atoms with Crippen molar-refractivity contribution in [2.75, 3.05) is 19.6 Å². The number of nitrogens with zero attached hydrogens (tertiary/aromatic N) is 3. The quantitative estimate of drug-likeness (QED) is 0.629. The second kappa shape index (κ2) is 7.94. The molecule has 2 aromatic carbocycles. The van der Waals surface area contributed by atoms with Gasteiger partial charge in [-0.1, -0.05) is 30.3 Å². The number of amides is 1. The number of carbonyl (C=O) groups excluding carboxylic acids is 1. The van der Waals surface area contributed by atoms with Crippen LogP contribution >= 0.6 is 0 Å². The lowest BCUT2D eigenvalue weighted by molar-refractivity contribution is -0.235. The average Bonchev–Trinajstić information content (AvgIpc) is 3.57. The standard InChI is InChI=1S/C30H35N3O2/c1-2-16-32-24-12-14-26-30(24)25(32)13-15-27(30)33(26)28(22-6-5-7-23(34)19-22)20-8-10-21(11-9-20)29(35)31-17-3-4-18-31/h2,5-11,19,24-28,34H,1,3-4,12-18H2. The minimum Gasteiger partial charge on any atom is -0.508 e. The fourth-order valence-electron chi connectivity index (χ4n) is 8.86. The van der Waals surface area contributed by atoms with Crippen molar-refractivity contribution in [3.63, 3.8) is 0 Å². The summed E-state index contributed by atoms with van der Waals surface area (Å²) in [4.78, 5) is 20.4. The van der Waals surface area contributed by atoms with Crippen molar-refractivity contribution in [3.05, 3.63) is 77.9 Å². The van der Waals surface area contributed by atoms with Crippen LogP contribution in [0.5, 0.6) is 5.75 Å². The van der Waals surface area contributed by atoms with Gasteiger partial charge >= 0.3 is 0 Å². The molecule has 182 valence electrons. The first-order chi connectivity index (χ1) is 17.1. The number of phenols is 1. The van der Waals surface area contributed by atoms with Crippen LogP contribution in [0, 0.1) is 5.41 Å². The summed E-state index contributed by atoms with van der Waals surface area (Å²) >= 11 is 0. The number of aromatic hydroxyl groups is 1. The minimum absolute atomic E-state index is 0.101. The molecule has 5 atom stereocenters. The van der Waals surface area contributed by atoms with E-state index in [1.54, 1.807) is 6.07 Å². The Bertz CT molecular complexity index is 1130. The van der Waals surface area contributed by atoms with Crippen LogP contribution in [-0.2, 0) is 0 Å². The maximum Gasteiger partial charge on any atom is 0.253 e. The van der Waals surface area contributed by atoms with Gasteiger partial charge in [-0.3, -0.25) is 14.6 Å². The van der Waals surface area contributed by atoms with Gasteiger partial charge in [-0.05, 0) is 73.9 Å². The van der Waals surface area contributed by atoms with E-state index >= 15 is 0 Å². The summed E-state index contributed by atoms with van der Waals surface area (Å²) in [5.41, 5.74) is 3.60. The van der Waals surface area contributed by atoms with Gasteiger partial charge in [0, 0.05) is 54.8 Å². The van der Waals surface area contributed by atoms with Crippen molar-refractivity contribution in [3.8, 4) is 5.75 Å². The van der Waals surface area contributed by atoms with Gasteiger partial charge in [0.25, 0.3) is 5.91 Å². The Morgan fingerprint density at radius 1 is 0.971 bits per heavy atom. The molecule has 1 amide bonds. The molecule has 1 spiro atoms. The van der Waals surface area contributed by atoms with Gasteiger partial charge in [0.15, 0.2) is 0 Å². The van der Waals surface area contributed by atoms with Crippen molar-refractivity contribution in [1.29, 1.82) is 0 Å². The Balaban J connectivity index is 1.23. The van der Waals surface area contributed by atoms with Gasteiger partial charge in [0.05, 0.1) is 6.04 Å². The second-order valence-corrected chi connectivity index (χ2v) is 11.3. The molecule has 5 unspecified atom stereocenters. The van der Waals surface area contributed by atoms with Gasteiger partial charge in [-0.15, -0.1) is 6.58 Å². The molecule has 0 aromatic heterocycles. The Hall–Kier alpha value is -2.63. The molecule has 35 heavy (non-hydrogen) atoms. The minimum atomic E-state index is 0.101. The molecular weight excluding hydrogens is 434 g/mol. The maximum atomic E-state index is 12.9. The van der Waals surface area contributed by atoms with E-state index in [0.717, 1.165) is 43.6 Å². The molecule has 5 heteroatoms. The zero-order valence-corrected chi connectivity index (χ0v) is 20.4. The number of likely N-dealkylation sites (tertiary alicyclic amines) is 3. The van der Waals surface area contributed by atoms with Crippen molar-refractivity contribution in [1.82, 2.24) is 14.7 Å². The second-order valence-electron chi connectivity index (χ2n) is 11.3. The fourth-order valence-corrected chi connectivity index (χ4v) is 8.86. The Morgan fingerprint density at radius 3 is 2.26 bits per heavy atom. The normalized spacial score (nSPS) is 34.1. The Morgan fingerprint density at radius 2 is 1.63 bits per heavy atom. The van der Waals surface area contributed by atoms with Gasteiger partial charge in [-0.2, -0.15) is 0 Å². The summed E-state index contributed by atoms with van der Waals surface area (Å²) in [5, 5.41) is 10.4. The maximum absolute atomic E-state index is 12.9. The van der Waals surface area contributed by atoms with E-state index in [9.17, 15) is 9.90 Å². The van der Waals surface area contributed by atoms with Crippen LogP contribution in [0.2, 0.25) is 0 Å². The zero-order chi connectivity index (χ0) is 23.7. The van der Waals surface area contributed by atoms with Crippen LogP contribution in [0.3, 0.4) is 0 Å². The van der Waals surface area contributed by atoms with Crippen LogP contribution in [0.25, 0.3) is 0 Å². The number of phenolic OH excluding ortho intramolecular Hbond substituents is 1. The van der Waals surface area contributed by atoms with E-state index in [2.05, 4.69) is 40.7 Å². The topological polar surface area (TPSA) is 47.0 Å². The summed E-state index contributed by atoms with van der Waals surface area (Å²) in [5.74, 6) is 0.470. The number of hydrogen-bond donors (Lipinski definition) is 1. The monoisotopic (exact) mass is 469 g/mol. The third-order valence-corrected chi connectivity index (χ3v) is 9.95. The molecule has 2 aromatic rings. The highest BCUT2D eigenvalue weighted by Crippen LogP contribution is 2.72. The summed E-state index contributed by atoms with van der Waals surface area (Å²) in [6.07, 6.45) is 9.32. The molecule has 5 aliphatic rings. The summed E-state index contributed by atoms with van der Waals surface area (Å²) in [6.45, 7) is 6.77. The summed E-state index contributed by atoms with van der Waals surface area (Å²) in [6, 6.07) is 18.8. The molecular formula is C30H35N3O2. The van der Waals surface area contributed by atoms with Crippen molar-refractivity contribution in [2.45, 2.75) is 68.7 Å². The fraction of sp³-hybridized carbons (Fsp3) is 0.500. The predicted molar refractivity (Wildman–Crippen MR) is 136 cm³/mol. The molecule has 5 fully saturated rings. The molecule has 0 radical (unpaired) electrons. The molecule has 7 rings (SSSR count). The SMILES string of the molecule is C=CCN1C2CCC3N(C(c4ccc(C(=O)N5CCCC5)cc4)c4cccc(O)c4)C4CCC1C234. The predicted octanol–water partition coefficient (Wildman–Crippen LogP) is 4.58. The molecule has 3 saturated heterocycles. The summed E-state index contributed by atoms with van der Waals surface area (Å²) in [7, 11) is 0. The first kappa shape index (κ1) is 21.6. The first-order valence-electron chi connectivity index (χ1n) is 13.5. The third-order valence-electron chi connectivity index (χ3n) is 9.95. The molecule has 0 bridgehead atoms. The highest BCUT2D eigenvalue weighted by atomic mass is 16.3. The largest absolute Gasteiger partial charge is 0.508 e. The molecule has 5 nitrogen and oxygen atoms in total. The molecule has 2 aliphatic carbocycles. The van der Waals surface area contributed by atoms with E-state index in [1.165, 1.54) is 31.2 Å². The van der Waals surface area contributed by atoms with Crippen molar-refractivity contribution in [2.24, 2.45) is 5.41 Å². The van der Waals surface area contributed by atoms with E-state index in [4.69, 9.17) is 0 Å². The number of carbonyl (C=O) groups is 1. The number of hydrogen-bond acceptors (Lipinski definition) is 4. The molecule has 1 N–H and O–H groups in total. The van der Waals surface area contributed by atoms with Crippen LogP contribution in [-0.4, -0.2) is 69.5 Å². The van der Waals surface area contributed by atoms with Crippen LogP contribution < -0.4 is 0 Å². The lowest BCUT2D eigenvalue weighted by Gasteiger charge is -2.72.